The highest BCUT2D eigenvalue weighted by atomic mass is 16.5. The maximum absolute atomic E-state index is 12.7. The molecule has 11 heteroatoms. The van der Waals surface area contributed by atoms with Gasteiger partial charge in [0.15, 0.2) is 17.8 Å². The number of aromatic nitrogens is 4. The number of nitrogens with zero attached hydrogens (tertiary/aromatic N) is 3. The van der Waals surface area contributed by atoms with Gasteiger partial charge in [0, 0.05) is 19.5 Å². The predicted octanol–water partition coefficient (Wildman–Crippen LogP) is 2.47. The zero-order valence-electron chi connectivity index (χ0n) is 21.1. The van der Waals surface area contributed by atoms with E-state index in [1.54, 1.807) is 28.8 Å². The molecule has 0 fully saturated rings. The Morgan fingerprint density at radius 3 is 2.61 bits per heavy atom. The largest absolute Gasteiger partial charge is 0.495 e. The van der Waals surface area contributed by atoms with Crippen LogP contribution in [-0.4, -0.2) is 44.7 Å². The van der Waals surface area contributed by atoms with E-state index < -0.39 is 29.7 Å². The minimum atomic E-state index is -0.578. The summed E-state index contributed by atoms with van der Waals surface area (Å²) in [4.78, 5) is 56.7. The SMILES string of the molecule is CCCCn1c(=O)[nH]c(=O)c2c1nc(CCC(=O)OCC(=O)Nc1ccccc1OC)n2CC(C)C. The molecule has 2 N–H and O–H groups in total. The van der Waals surface area contributed by atoms with E-state index in [0.29, 0.717) is 41.5 Å². The standard InChI is InChI=1S/C25H33N5O6/c1-5-6-13-29-23-22(24(33)28-25(29)34)30(14-16(2)3)19(27-23)11-12-21(32)36-15-20(31)26-17-9-7-8-10-18(17)35-4/h7-10,16H,5-6,11-15H2,1-4H3,(H,26,31)(H,28,33,34). The van der Waals surface area contributed by atoms with Crippen molar-refractivity contribution in [2.75, 3.05) is 19.0 Å². The van der Waals surface area contributed by atoms with Crippen LogP contribution in [0.1, 0.15) is 45.9 Å². The van der Waals surface area contributed by atoms with Crippen molar-refractivity contribution in [2.45, 2.75) is 59.5 Å². The highest BCUT2D eigenvalue weighted by Crippen LogP contribution is 2.22. The first-order valence-corrected chi connectivity index (χ1v) is 12.1. The number of fused-ring (bicyclic) bond motifs is 1. The summed E-state index contributed by atoms with van der Waals surface area (Å²) in [7, 11) is 1.49. The summed E-state index contributed by atoms with van der Waals surface area (Å²) in [6.07, 6.45) is 1.79. The van der Waals surface area contributed by atoms with Gasteiger partial charge in [-0.2, -0.15) is 0 Å². The van der Waals surface area contributed by atoms with Crippen LogP contribution in [-0.2, 0) is 33.8 Å². The van der Waals surface area contributed by atoms with E-state index in [9.17, 15) is 19.2 Å². The molecule has 2 heterocycles. The first-order chi connectivity index (χ1) is 17.2. The van der Waals surface area contributed by atoms with Crippen LogP contribution in [0.4, 0.5) is 5.69 Å². The van der Waals surface area contributed by atoms with E-state index in [4.69, 9.17) is 9.47 Å². The lowest BCUT2D eigenvalue weighted by Gasteiger charge is -2.12. The number of para-hydroxylation sites is 2. The molecule has 1 aromatic carbocycles. The van der Waals surface area contributed by atoms with Gasteiger partial charge in [-0.3, -0.25) is 23.9 Å². The lowest BCUT2D eigenvalue weighted by atomic mass is 10.2. The van der Waals surface area contributed by atoms with E-state index in [2.05, 4.69) is 15.3 Å². The second-order valence-corrected chi connectivity index (χ2v) is 8.88. The van der Waals surface area contributed by atoms with Gasteiger partial charge in [-0.05, 0) is 24.5 Å². The number of benzene rings is 1. The summed E-state index contributed by atoms with van der Waals surface area (Å²) in [5.74, 6) is 0.128. The van der Waals surface area contributed by atoms with Gasteiger partial charge in [-0.1, -0.05) is 39.3 Å². The van der Waals surface area contributed by atoms with Crippen molar-refractivity contribution >= 4 is 28.7 Å². The number of imidazole rings is 1. The van der Waals surface area contributed by atoms with Crippen molar-refractivity contribution in [3.05, 3.63) is 50.9 Å². The fourth-order valence-corrected chi connectivity index (χ4v) is 3.86. The molecule has 0 aliphatic heterocycles. The predicted molar refractivity (Wildman–Crippen MR) is 135 cm³/mol. The molecule has 1 amide bonds. The normalized spacial score (nSPS) is 11.1. The summed E-state index contributed by atoms with van der Waals surface area (Å²) in [5.41, 5.74) is 0.110. The molecule has 3 rings (SSSR count). The number of hydrogen-bond donors (Lipinski definition) is 2. The first kappa shape index (κ1) is 26.7. The molecule has 194 valence electrons. The topological polar surface area (TPSA) is 137 Å². The summed E-state index contributed by atoms with van der Waals surface area (Å²) in [6, 6.07) is 6.91. The molecule has 0 bridgehead atoms. The highest BCUT2D eigenvalue weighted by Gasteiger charge is 2.20. The third kappa shape index (κ3) is 6.41. The summed E-state index contributed by atoms with van der Waals surface area (Å²) < 4.78 is 13.6. The molecule has 0 atom stereocenters. The molecule has 0 unspecified atom stereocenters. The van der Waals surface area contributed by atoms with Crippen molar-refractivity contribution in [2.24, 2.45) is 5.92 Å². The Balaban J connectivity index is 1.73. The smallest absolute Gasteiger partial charge is 0.330 e. The third-order valence-corrected chi connectivity index (χ3v) is 5.55. The monoisotopic (exact) mass is 499 g/mol. The van der Waals surface area contributed by atoms with Gasteiger partial charge in [-0.25, -0.2) is 9.78 Å². The number of unbranched alkanes of at least 4 members (excludes halogenated alkanes) is 1. The number of carbonyl (C=O) groups is 2. The molecule has 0 saturated heterocycles. The van der Waals surface area contributed by atoms with Gasteiger partial charge in [0.1, 0.15) is 11.6 Å². The molecule has 0 saturated carbocycles. The number of esters is 1. The number of rotatable bonds is 12. The number of hydrogen-bond acceptors (Lipinski definition) is 7. The maximum Gasteiger partial charge on any atom is 0.330 e. The fourth-order valence-electron chi connectivity index (χ4n) is 3.86. The van der Waals surface area contributed by atoms with Crippen molar-refractivity contribution in [1.29, 1.82) is 0 Å². The minimum Gasteiger partial charge on any atom is -0.495 e. The Labute approximate surface area is 208 Å². The summed E-state index contributed by atoms with van der Waals surface area (Å²) in [5, 5.41) is 2.65. The molecule has 36 heavy (non-hydrogen) atoms. The van der Waals surface area contributed by atoms with Crippen LogP contribution >= 0.6 is 0 Å². The Hall–Kier alpha value is -3.89. The summed E-state index contributed by atoms with van der Waals surface area (Å²) in [6.45, 7) is 6.51. The van der Waals surface area contributed by atoms with E-state index >= 15 is 0 Å². The molecular formula is C25H33N5O6. The van der Waals surface area contributed by atoms with Crippen molar-refractivity contribution in [1.82, 2.24) is 19.1 Å². The number of amides is 1. The number of aromatic amines is 1. The molecule has 2 aromatic heterocycles. The van der Waals surface area contributed by atoms with Gasteiger partial charge in [0.2, 0.25) is 0 Å². The van der Waals surface area contributed by atoms with Gasteiger partial charge in [-0.15, -0.1) is 0 Å². The van der Waals surface area contributed by atoms with Crippen LogP contribution in [0.3, 0.4) is 0 Å². The quantitative estimate of drug-likeness (QED) is 0.365. The molecule has 3 aromatic rings. The van der Waals surface area contributed by atoms with Crippen molar-refractivity contribution < 1.29 is 19.1 Å². The van der Waals surface area contributed by atoms with Crippen LogP contribution in [0, 0.1) is 5.92 Å². The maximum atomic E-state index is 12.7. The van der Waals surface area contributed by atoms with Crippen molar-refractivity contribution in [3.63, 3.8) is 0 Å². The Bertz CT molecular complexity index is 1340. The van der Waals surface area contributed by atoms with E-state index in [-0.39, 0.29) is 18.8 Å². The zero-order chi connectivity index (χ0) is 26.2. The van der Waals surface area contributed by atoms with Crippen LogP contribution in [0.5, 0.6) is 5.75 Å². The average Bonchev–Trinajstić information content (AvgIpc) is 3.19. The fraction of sp³-hybridized carbons (Fsp3) is 0.480. The van der Waals surface area contributed by atoms with Crippen LogP contribution in [0.15, 0.2) is 33.9 Å². The van der Waals surface area contributed by atoms with Crippen LogP contribution in [0.25, 0.3) is 11.2 Å². The molecule has 0 spiro atoms. The Morgan fingerprint density at radius 2 is 1.92 bits per heavy atom. The number of methoxy groups -OCH3 is 1. The Kier molecular flexibility index (Phi) is 9.04. The van der Waals surface area contributed by atoms with Crippen LogP contribution in [0.2, 0.25) is 0 Å². The number of nitrogens with one attached hydrogen (secondary N) is 2. The van der Waals surface area contributed by atoms with Gasteiger partial charge in [0.25, 0.3) is 11.5 Å². The van der Waals surface area contributed by atoms with Gasteiger partial charge < -0.3 is 19.4 Å². The number of anilines is 1. The molecular weight excluding hydrogens is 466 g/mol. The minimum absolute atomic E-state index is 0.0412. The highest BCUT2D eigenvalue weighted by molar-refractivity contribution is 5.94. The average molecular weight is 500 g/mol. The third-order valence-electron chi connectivity index (χ3n) is 5.55. The van der Waals surface area contributed by atoms with E-state index in [1.807, 2.05) is 20.8 Å². The van der Waals surface area contributed by atoms with E-state index in [1.165, 1.54) is 11.7 Å². The molecule has 0 aliphatic carbocycles. The second-order valence-electron chi connectivity index (χ2n) is 8.88. The number of H-pyrrole nitrogens is 1. The molecule has 11 nitrogen and oxygen atoms in total. The number of aryl methyl sites for hydroxylation is 2. The zero-order valence-corrected chi connectivity index (χ0v) is 21.1. The van der Waals surface area contributed by atoms with Gasteiger partial charge >= 0.3 is 11.7 Å². The first-order valence-electron chi connectivity index (χ1n) is 12.1. The molecule has 0 aliphatic rings. The lowest BCUT2D eigenvalue weighted by molar-refractivity contribution is -0.147. The summed E-state index contributed by atoms with van der Waals surface area (Å²) >= 11 is 0. The Morgan fingerprint density at radius 1 is 1.17 bits per heavy atom. The lowest BCUT2D eigenvalue weighted by Crippen LogP contribution is -2.31. The molecule has 0 radical (unpaired) electrons. The van der Waals surface area contributed by atoms with E-state index in [0.717, 1.165) is 12.8 Å². The van der Waals surface area contributed by atoms with Gasteiger partial charge in [0.05, 0.1) is 19.2 Å². The van der Waals surface area contributed by atoms with Crippen LogP contribution < -0.4 is 21.3 Å². The second kappa shape index (κ2) is 12.2. The van der Waals surface area contributed by atoms with Crippen molar-refractivity contribution in [3.8, 4) is 5.75 Å². The number of carbonyl (C=O) groups excluding carboxylic acids is 2. The number of ether oxygens (including phenoxy) is 2.